The van der Waals surface area contributed by atoms with Crippen LogP contribution >= 0.6 is 0 Å². The van der Waals surface area contributed by atoms with Gasteiger partial charge < -0.3 is 15.8 Å². The van der Waals surface area contributed by atoms with E-state index in [0.29, 0.717) is 12.1 Å². The maximum Gasteiger partial charge on any atom is 0.257 e. The topological polar surface area (TPSA) is 81.6 Å². The first-order chi connectivity index (χ1) is 11.2. The van der Waals surface area contributed by atoms with E-state index in [1.54, 1.807) is 10.7 Å². The maximum absolute atomic E-state index is 12.5. The van der Waals surface area contributed by atoms with Crippen molar-refractivity contribution in [1.82, 2.24) is 14.9 Å². The van der Waals surface area contributed by atoms with Crippen molar-refractivity contribution in [1.29, 1.82) is 0 Å². The van der Waals surface area contributed by atoms with Crippen LogP contribution in [0.2, 0.25) is 0 Å². The van der Waals surface area contributed by atoms with Crippen LogP contribution in [0.4, 0.5) is 5.82 Å². The predicted molar refractivity (Wildman–Crippen MR) is 87.2 cm³/mol. The van der Waals surface area contributed by atoms with Crippen LogP contribution in [0.15, 0.2) is 24.4 Å². The number of nitrogens with zero attached hydrogens (tertiary/aromatic N) is 2. The number of amides is 1. The molecule has 3 heterocycles. The van der Waals surface area contributed by atoms with Crippen LogP contribution in [-0.4, -0.2) is 33.8 Å². The normalized spacial score (nSPS) is 22.9. The molecule has 0 aromatic carbocycles. The molecule has 1 spiro atoms. The van der Waals surface area contributed by atoms with Gasteiger partial charge in [-0.25, -0.2) is 4.52 Å². The van der Waals surface area contributed by atoms with Gasteiger partial charge in [0.25, 0.3) is 5.91 Å². The summed E-state index contributed by atoms with van der Waals surface area (Å²) in [4.78, 5) is 12.5. The van der Waals surface area contributed by atoms with Gasteiger partial charge in [-0.2, -0.15) is 0 Å². The number of anilines is 1. The zero-order valence-electron chi connectivity index (χ0n) is 13.1. The van der Waals surface area contributed by atoms with Gasteiger partial charge in [-0.1, -0.05) is 6.07 Å². The van der Waals surface area contributed by atoms with Crippen molar-refractivity contribution in [2.24, 2.45) is 0 Å². The number of ether oxygens (including phenoxy) is 1. The van der Waals surface area contributed by atoms with Crippen LogP contribution in [0.1, 0.15) is 48.9 Å². The molecule has 0 bridgehead atoms. The number of carbonyl (C=O) groups excluding carboxylic acids is 1. The first-order valence-electron chi connectivity index (χ1n) is 8.36. The molecular formula is C17H22N4O2. The fraction of sp³-hybridized carbons (Fsp3) is 0.529. The Balaban J connectivity index is 1.44. The summed E-state index contributed by atoms with van der Waals surface area (Å²) in [6.07, 6.45) is 8.84. The van der Waals surface area contributed by atoms with Crippen LogP contribution in [0.5, 0.6) is 0 Å². The molecule has 6 nitrogen and oxygen atoms in total. The molecule has 1 aliphatic carbocycles. The third-order valence-electron chi connectivity index (χ3n) is 5.12. The van der Waals surface area contributed by atoms with Gasteiger partial charge in [0.2, 0.25) is 0 Å². The number of pyridine rings is 1. The highest BCUT2D eigenvalue weighted by atomic mass is 16.5. The molecular weight excluding hydrogens is 292 g/mol. The Morgan fingerprint density at radius 2 is 2.22 bits per heavy atom. The summed E-state index contributed by atoms with van der Waals surface area (Å²) >= 11 is 0. The Morgan fingerprint density at radius 1 is 1.39 bits per heavy atom. The average Bonchev–Trinajstić information content (AvgIpc) is 2.87. The van der Waals surface area contributed by atoms with Crippen molar-refractivity contribution in [2.75, 3.05) is 12.3 Å². The van der Waals surface area contributed by atoms with Crippen LogP contribution in [0, 0.1) is 0 Å². The Kier molecular flexibility index (Phi) is 3.49. The third-order valence-corrected chi connectivity index (χ3v) is 5.12. The number of nitrogens with two attached hydrogens (primary N) is 1. The first kappa shape index (κ1) is 14.5. The monoisotopic (exact) mass is 314 g/mol. The lowest BCUT2D eigenvalue weighted by molar-refractivity contribution is -0.166. The van der Waals surface area contributed by atoms with Gasteiger partial charge in [-0.05, 0) is 50.7 Å². The maximum atomic E-state index is 12.5. The number of hydrogen-bond acceptors (Lipinski definition) is 4. The quantitative estimate of drug-likeness (QED) is 0.909. The van der Waals surface area contributed by atoms with Crippen LogP contribution in [-0.2, 0) is 4.74 Å². The molecule has 0 radical (unpaired) electrons. The first-order valence-corrected chi connectivity index (χ1v) is 8.36. The largest absolute Gasteiger partial charge is 0.382 e. The molecule has 1 saturated carbocycles. The summed E-state index contributed by atoms with van der Waals surface area (Å²) in [6.45, 7) is 0.532. The fourth-order valence-electron chi connectivity index (χ4n) is 3.75. The molecule has 2 fully saturated rings. The second-order valence-corrected chi connectivity index (χ2v) is 6.67. The fourth-order valence-corrected chi connectivity index (χ4v) is 3.75. The van der Waals surface area contributed by atoms with E-state index in [1.165, 1.54) is 32.1 Å². The molecule has 23 heavy (non-hydrogen) atoms. The number of carbonyl (C=O) groups is 1. The highest BCUT2D eigenvalue weighted by Gasteiger charge is 2.42. The third kappa shape index (κ3) is 2.57. The van der Waals surface area contributed by atoms with E-state index in [2.05, 4.69) is 10.4 Å². The second kappa shape index (κ2) is 5.53. The summed E-state index contributed by atoms with van der Waals surface area (Å²) in [5, 5.41) is 7.15. The number of fused-ring (bicyclic) bond motifs is 1. The molecule has 4 rings (SSSR count). The molecule has 122 valence electrons. The Labute approximate surface area is 135 Å². The zero-order chi connectivity index (χ0) is 15.9. The number of hydrogen-bond donors (Lipinski definition) is 2. The minimum Gasteiger partial charge on any atom is -0.382 e. The summed E-state index contributed by atoms with van der Waals surface area (Å²) in [5.74, 6) is 0.0780. The SMILES string of the molecule is Nc1nn2ccccc2c1C(=O)NCC1CCCC2(CCC2)O1. The number of nitrogen functional groups attached to an aromatic ring is 1. The summed E-state index contributed by atoms with van der Waals surface area (Å²) < 4.78 is 7.86. The van der Waals surface area contributed by atoms with E-state index < -0.39 is 0 Å². The van der Waals surface area contributed by atoms with Crippen molar-refractivity contribution in [3.63, 3.8) is 0 Å². The van der Waals surface area contributed by atoms with E-state index in [-0.39, 0.29) is 23.4 Å². The van der Waals surface area contributed by atoms with Crippen LogP contribution in [0.3, 0.4) is 0 Å². The predicted octanol–water partition coefficient (Wildman–Crippen LogP) is 2.14. The van der Waals surface area contributed by atoms with Gasteiger partial charge in [-0.15, -0.1) is 5.10 Å². The molecule has 6 heteroatoms. The molecule has 3 N–H and O–H groups in total. The lowest BCUT2D eigenvalue weighted by Crippen LogP contribution is -2.49. The van der Waals surface area contributed by atoms with E-state index in [0.717, 1.165) is 11.9 Å². The summed E-state index contributed by atoms with van der Waals surface area (Å²) in [6, 6.07) is 5.58. The molecule has 1 aliphatic heterocycles. The van der Waals surface area contributed by atoms with Gasteiger partial charge in [0, 0.05) is 12.7 Å². The Bertz CT molecular complexity index is 735. The number of nitrogens with one attached hydrogen (secondary N) is 1. The molecule has 1 atom stereocenters. The minimum atomic E-state index is -0.180. The Morgan fingerprint density at radius 3 is 3.00 bits per heavy atom. The molecule has 1 saturated heterocycles. The number of rotatable bonds is 3. The van der Waals surface area contributed by atoms with Crippen molar-refractivity contribution in [2.45, 2.75) is 50.2 Å². The molecule has 2 aromatic heterocycles. The van der Waals surface area contributed by atoms with Gasteiger partial charge >= 0.3 is 0 Å². The highest BCUT2D eigenvalue weighted by Crippen LogP contribution is 2.43. The second-order valence-electron chi connectivity index (χ2n) is 6.67. The standard InChI is InChI=1S/C17H22N4O2/c18-15-14(13-6-1-2-10-21(13)20-15)16(22)19-11-12-5-3-7-17(23-12)8-4-9-17/h1-2,6,10,12H,3-5,7-9,11H2,(H2,18,20)(H,19,22). The van der Waals surface area contributed by atoms with Gasteiger partial charge in [-0.3, -0.25) is 4.79 Å². The average molecular weight is 314 g/mol. The van der Waals surface area contributed by atoms with Crippen LogP contribution in [0.25, 0.3) is 5.52 Å². The van der Waals surface area contributed by atoms with Crippen molar-refractivity contribution < 1.29 is 9.53 Å². The van der Waals surface area contributed by atoms with Gasteiger partial charge in [0.15, 0.2) is 5.82 Å². The van der Waals surface area contributed by atoms with Crippen LogP contribution < -0.4 is 11.1 Å². The van der Waals surface area contributed by atoms with E-state index in [1.807, 2.05) is 18.2 Å². The summed E-state index contributed by atoms with van der Waals surface area (Å²) in [7, 11) is 0. The van der Waals surface area contributed by atoms with E-state index in [9.17, 15) is 4.79 Å². The summed E-state index contributed by atoms with van der Waals surface area (Å²) in [5.41, 5.74) is 7.19. The van der Waals surface area contributed by atoms with Gasteiger partial charge in [0.1, 0.15) is 5.56 Å². The molecule has 1 amide bonds. The lowest BCUT2D eigenvalue weighted by atomic mass is 9.74. The van der Waals surface area contributed by atoms with Gasteiger partial charge in [0.05, 0.1) is 17.2 Å². The van der Waals surface area contributed by atoms with E-state index in [4.69, 9.17) is 10.5 Å². The smallest absolute Gasteiger partial charge is 0.257 e. The zero-order valence-corrected chi connectivity index (χ0v) is 13.1. The Hall–Kier alpha value is -2.08. The van der Waals surface area contributed by atoms with Crippen molar-refractivity contribution >= 4 is 17.2 Å². The molecule has 2 aliphatic rings. The molecule has 2 aromatic rings. The van der Waals surface area contributed by atoms with Crippen molar-refractivity contribution in [3.8, 4) is 0 Å². The molecule has 1 unspecified atom stereocenters. The lowest BCUT2D eigenvalue weighted by Gasteiger charge is -2.47. The van der Waals surface area contributed by atoms with E-state index >= 15 is 0 Å². The highest BCUT2D eigenvalue weighted by molar-refractivity contribution is 6.05. The van der Waals surface area contributed by atoms with Crippen molar-refractivity contribution in [3.05, 3.63) is 30.0 Å². The number of aromatic nitrogens is 2. The minimum absolute atomic E-state index is 0.107.